The number of piperidine rings is 2. The molecule has 1 unspecified atom stereocenters. The third kappa shape index (κ3) is 8.22. The number of benzene rings is 3. The van der Waals surface area contributed by atoms with Crippen molar-refractivity contribution >= 4 is 51.6 Å². The van der Waals surface area contributed by atoms with Crippen LogP contribution >= 0.6 is 0 Å². The molecule has 0 radical (unpaired) electrons. The Bertz CT molecular complexity index is 3290. The van der Waals surface area contributed by atoms with Gasteiger partial charge in [-0.1, -0.05) is 18.2 Å². The molecule has 0 spiro atoms. The van der Waals surface area contributed by atoms with Crippen LogP contribution in [0.4, 0.5) is 27.7 Å². The second-order valence-electron chi connectivity index (χ2n) is 19.6. The van der Waals surface area contributed by atoms with Gasteiger partial charge >= 0.3 is 17.7 Å². The monoisotopic (exact) mass is 969 g/mol. The minimum Gasteiger partial charge on any atom is -0.467 e. The third-order valence-corrected chi connectivity index (χ3v) is 15.3. The van der Waals surface area contributed by atoms with E-state index in [0.717, 1.165) is 107 Å². The number of methoxy groups -OCH3 is 1. The van der Waals surface area contributed by atoms with Crippen molar-refractivity contribution in [1.29, 1.82) is 0 Å². The highest BCUT2D eigenvalue weighted by molar-refractivity contribution is 6.07. The van der Waals surface area contributed by atoms with Gasteiger partial charge in [0.25, 0.3) is 0 Å². The van der Waals surface area contributed by atoms with Crippen molar-refractivity contribution in [2.24, 2.45) is 14.1 Å². The van der Waals surface area contributed by atoms with Crippen molar-refractivity contribution in [2.75, 3.05) is 66.0 Å². The Balaban J connectivity index is 0.807. The van der Waals surface area contributed by atoms with Gasteiger partial charge in [0.2, 0.25) is 11.8 Å². The van der Waals surface area contributed by atoms with E-state index in [1.807, 2.05) is 62.0 Å². The molecule has 0 aliphatic carbocycles. The van der Waals surface area contributed by atoms with Crippen molar-refractivity contribution in [3.63, 3.8) is 0 Å². The lowest BCUT2D eigenvalue weighted by atomic mass is 9.91. The number of carbonyl (C=O) groups excluding carboxylic acids is 3. The van der Waals surface area contributed by atoms with E-state index in [1.165, 1.54) is 16.4 Å². The molecule has 3 atom stereocenters. The predicted molar refractivity (Wildman–Crippen MR) is 277 cm³/mol. The maximum Gasteiger partial charge on any atom is 0.353 e. The van der Waals surface area contributed by atoms with Crippen LogP contribution in [0.2, 0.25) is 0 Å². The molecule has 370 valence electrons. The lowest BCUT2D eigenvalue weighted by molar-refractivity contribution is -0.134. The fourth-order valence-corrected chi connectivity index (χ4v) is 11.5. The second-order valence-corrected chi connectivity index (χ2v) is 19.6. The number of hydrogen-bond donors (Lipinski definition) is 1. The summed E-state index contributed by atoms with van der Waals surface area (Å²) >= 11 is 0. The van der Waals surface area contributed by atoms with Crippen LogP contribution in [-0.4, -0.2) is 121 Å². The summed E-state index contributed by atoms with van der Waals surface area (Å²) < 4.78 is 10.2. The zero-order chi connectivity index (χ0) is 49.9. The number of amides is 4. The number of anilines is 4. The van der Waals surface area contributed by atoms with Gasteiger partial charge in [-0.3, -0.25) is 39.3 Å². The number of carbonyl (C=O) groups is 3. The lowest BCUT2D eigenvalue weighted by Gasteiger charge is -2.46. The first-order valence-electron chi connectivity index (χ1n) is 24.8. The summed E-state index contributed by atoms with van der Waals surface area (Å²) in [6.45, 7) is 11.6. The summed E-state index contributed by atoms with van der Waals surface area (Å²) in [5, 5.41) is 12.5. The van der Waals surface area contributed by atoms with E-state index in [9.17, 15) is 19.2 Å². The van der Waals surface area contributed by atoms with Crippen LogP contribution in [0.25, 0.3) is 38.8 Å². The Morgan fingerprint density at radius 3 is 2.24 bits per heavy atom. The Hall–Kier alpha value is -7.86. The molecule has 3 aromatic carbocycles. The van der Waals surface area contributed by atoms with Crippen LogP contribution in [0.3, 0.4) is 0 Å². The predicted octanol–water partition coefficient (Wildman–Crippen LogP) is 6.43. The van der Waals surface area contributed by atoms with Crippen LogP contribution in [0.5, 0.6) is 6.01 Å². The second kappa shape index (κ2) is 18.7. The molecule has 18 nitrogen and oxygen atoms in total. The van der Waals surface area contributed by atoms with E-state index >= 15 is 0 Å². The molecule has 4 amide bonds. The Morgan fingerprint density at radius 2 is 1.50 bits per heavy atom. The molecule has 11 rings (SSSR count). The topological polar surface area (TPSA) is 172 Å². The number of aromatic nitrogens is 7. The van der Waals surface area contributed by atoms with Crippen molar-refractivity contribution in [3.8, 4) is 34.0 Å². The molecule has 7 aromatic rings. The number of hydrogen-bond acceptors (Lipinski definition) is 12. The number of urea groups is 1. The molecule has 1 N–H and O–H groups in total. The maximum absolute atomic E-state index is 14.0. The van der Waals surface area contributed by atoms with E-state index in [4.69, 9.17) is 14.8 Å². The summed E-state index contributed by atoms with van der Waals surface area (Å²) in [6.07, 6.45) is 8.11. The van der Waals surface area contributed by atoms with Gasteiger partial charge in [-0.2, -0.15) is 5.10 Å². The zero-order valence-electron chi connectivity index (χ0n) is 41.5. The van der Waals surface area contributed by atoms with E-state index in [2.05, 4.69) is 79.5 Å². The maximum atomic E-state index is 14.0. The number of nitrogens with one attached hydrogen (secondary N) is 1. The summed E-state index contributed by atoms with van der Waals surface area (Å²) in [4.78, 5) is 72.2. The average molecular weight is 970 g/mol. The first kappa shape index (κ1) is 46.5. The van der Waals surface area contributed by atoms with Gasteiger partial charge in [-0.05, 0) is 129 Å². The summed E-state index contributed by atoms with van der Waals surface area (Å²) in [5.74, 6) is -0.318. The fraction of sp³-hybridized carbons (Fsp3) is 0.370. The highest BCUT2D eigenvalue weighted by Gasteiger charge is 2.39. The normalized spacial score (nSPS) is 20.2. The molecule has 8 heterocycles. The van der Waals surface area contributed by atoms with Gasteiger partial charge in [-0.25, -0.2) is 23.8 Å². The quantitative estimate of drug-likeness (QED) is 0.149. The van der Waals surface area contributed by atoms with E-state index in [1.54, 1.807) is 35.4 Å². The number of ether oxygens (including phenoxy) is 1. The Morgan fingerprint density at radius 1 is 0.722 bits per heavy atom. The summed E-state index contributed by atoms with van der Waals surface area (Å²) in [6, 6.07) is 27.5. The number of aryl methyl sites for hydroxylation is 2. The minimum absolute atomic E-state index is 0.0932. The molecule has 18 heteroatoms. The van der Waals surface area contributed by atoms with Crippen LogP contribution in [-0.2, 0) is 23.7 Å². The first-order valence-corrected chi connectivity index (χ1v) is 24.8. The summed E-state index contributed by atoms with van der Waals surface area (Å²) in [5.41, 5.74) is 9.63. The Labute approximate surface area is 417 Å². The first-order chi connectivity index (χ1) is 34.9. The van der Waals surface area contributed by atoms with Crippen LogP contribution in [0.15, 0.2) is 102 Å². The number of fused-ring (bicyclic) bond motifs is 1. The van der Waals surface area contributed by atoms with Crippen molar-refractivity contribution in [1.82, 2.24) is 44.3 Å². The SMILES string of the molecule is COc1nn(C)c(=O)n1-c1ccc(-c2ccnc(N3C[C@H](C)N(c4cccnc4)C3=O)c2C)c(-c2ccc(N3CCN(C4CCN(c5ccc6c(C7CCC(=O)NC7=O)nn(C)c6c5)CC4)C[C@@H]3C)cc2)c1. The van der Waals surface area contributed by atoms with Crippen LogP contribution in [0.1, 0.15) is 56.7 Å². The van der Waals surface area contributed by atoms with Gasteiger partial charge in [0, 0.05) is 101 Å². The van der Waals surface area contributed by atoms with Gasteiger partial charge < -0.3 is 14.5 Å². The fourth-order valence-electron chi connectivity index (χ4n) is 11.5. The molecule has 0 saturated carbocycles. The van der Waals surface area contributed by atoms with Crippen molar-refractivity contribution in [3.05, 3.63) is 119 Å². The number of rotatable bonds is 10. The zero-order valence-corrected chi connectivity index (χ0v) is 41.5. The standard InChI is InChI=1S/C54H59N13O5/c1-33-31-63(37-20-24-62(25-21-37)39-13-16-44-47(29-39)60(4)58-49(44)45-17-18-48(68)57-51(45)69)26-27-64(33)38-11-9-36(10-12-38)46-28-40(67-52(72-6)59-61(5)53(67)70)14-15-43(46)42-19-23-56-50(35(42)3)65-32-34(2)66(54(65)71)41-8-7-22-55-30-41/h7-16,19,22-23,28-30,33-34,37,45H,17-18,20-21,24-27,31-32H2,1-6H3,(H,57,68,69)/t33-,34-,45?/m0/s1. The minimum atomic E-state index is -0.423. The Kier molecular flexibility index (Phi) is 12.1. The average Bonchev–Trinajstić information content (AvgIpc) is 4.00. The van der Waals surface area contributed by atoms with Gasteiger partial charge in [-0.15, -0.1) is 5.10 Å². The smallest absolute Gasteiger partial charge is 0.353 e. The molecular formula is C54H59N13O5. The number of nitrogens with zero attached hydrogens (tertiary/aromatic N) is 12. The van der Waals surface area contributed by atoms with E-state index in [0.29, 0.717) is 43.0 Å². The van der Waals surface area contributed by atoms with E-state index in [-0.39, 0.29) is 35.6 Å². The molecule has 4 saturated heterocycles. The number of piperazine rings is 1. The molecule has 72 heavy (non-hydrogen) atoms. The summed E-state index contributed by atoms with van der Waals surface area (Å²) in [7, 11) is 5.03. The molecule has 0 bridgehead atoms. The molecule has 4 fully saturated rings. The molecule has 4 aromatic heterocycles. The van der Waals surface area contributed by atoms with Gasteiger partial charge in [0.15, 0.2) is 0 Å². The van der Waals surface area contributed by atoms with Crippen molar-refractivity contribution < 1.29 is 19.1 Å². The highest BCUT2D eigenvalue weighted by Crippen LogP contribution is 2.41. The number of imide groups is 1. The largest absolute Gasteiger partial charge is 0.467 e. The van der Waals surface area contributed by atoms with Crippen LogP contribution in [0, 0.1) is 6.92 Å². The molecular weight excluding hydrogens is 911 g/mol. The molecule has 4 aliphatic heterocycles. The van der Waals surface area contributed by atoms with E-state index < -0.39 is 5.92 Å². The third-order valence-electron chi connectivity index (χ3n) is 15.3. The lowest BCUT2D eigenvalue weighted by Crippen LogP contribution is -2.56. The number of pyridine rings is 2. The van der Waals surface area contributed by atoms with Gasteiger partial charge in [0.05, 0.1) is 47.9 Å². The van der Waals surface area contributed by atoms with Gasteiger partial charge in [0.1, 0.15) is 5.82 Å². The van der Waals surface area contributed by atoms with Crippen molar-refractivity contribution in [2.45, 2.75) is 70.5 Å². The van der Waals surface area contributed by atoms with Crippen LogP contribution < -0.4 is 35.3 Å². The molecule has 4 aliphatic rings. The highest BCUT2D eigenvalue weighted by atomic mass is 16.5.